The quantitative estimate of drug-likeness (QED) is 0.528. The van der Waals surface area contributed by atoms with Crippen LogP contribution >= 0.6 is 0 Å². The molecule has 0 amide bonds. The maximum absolute atomic E-state index is 5.50. The fourth-order valence-electron chi connectivity index (χ4n) is 1.20. The van der Waals surface area contributed by atoms with Gasteiger partial charge in [0.05, 0.1) is 5.54 Å². The minimum absolute atomic E-state index is 0.0960. The Morgan fingerprint density at radius 2 is 1.92 bits per heavy atom. The van der Waals surface area contributed by atoms with Crippen molar-refractivity contribution < 1.29 is 0 Å². The molecule has 1 atom stereocenters. The van der Waals surface area contributed by atoms with Crippen LogP contribution < -0.4 is 11.3 Å². The zero-order valence-electron chi connectivity index (χ0n) is 7.67. The Labute approximate surface area is 73.8 Å². The van der Waals surface area contributed by atoms with Gasteiger partial charge in [-0.25, -0.2) is 0 Å². The van der Waals surface area contributed by atoms with Crippen LogP contribution in [0.15, 0.2) is 30.3 Å². The highest BCUT2D eigenvalue weighted by molar-refractivity contribution is 5.22. The molecule has 0 aliphatic heterocycles. The van der Waals surface area contributed by atoms with Crippen molar-refractivity contribution in [3.63, 3.8) is 0 Å². The topological polar surface area (TPSA) is 38.0 Å². The van der Waals surface area contributed by atoms with E-state index in [1.54, 1.807) is 0 Å². The number of nitrogens with two attached hydrogens (primary N) is 1. The zero-order chi connectivity index (χ0) is 9.03. The highest BCUT2D eigenvalue weighted by Gasteiger charge is 2.21. The molecular weight excluding hydrogens is 148 g/mol. The minimum atomic E-state index is -0.0960. The molecule has 1 aromatic rings. The Balaban J connectivity index is 2.95. The molecule has 2 nitrogen and oxygen atoms in total. The number of benzene rings is 1. The molecule has 1 aromatic carbocycles. The fraction of sp³-hybridized carbons (Fsp3) is 0.400. The third-order valence-electron chi connectivity index (χ3n) is 2.44. The largest absolute Gasteiger partial charge is 0.271 e. The molecule has 1 rings (SSSR count). The van der Waals surface area contributed by atoms with Crippen molar-refractivity contribution in [3.8, 4) is 0 Å². The van der Waals surface area contributed by atoms with E-state index in [9.17, 15) is 0 Å². The summed E-state index contributed by atoms with van der Waals surface area (Å²) in [5, 5.41) is 0. The molecule has 0 heterocycles. The van der Waals surface area contributed by atoms with Gasteiger partial charge in [0, 0.05) is 0 Å². The van der Waals surface area contributed by atoms with Crippen molar-refractivity contribution in [2.75, 3.05) is 0 Å². The van der Waals surface area contributed by atoms with E-state index < -0.39 is 0 Å². The SMILES string of the molecule is CC[C@](C)(NN)c1ccccc1. The molecular formula is C10H16N2. The Bertz CT molecular complexity index is 227. The van der Waals surface area contributed by atoms with E-state index in [1.807, 2.05) is 18.2 Å². The fourth-order valence-corrected chi connectivity index (χ4v) is 1.20. The predicted octanol–water partition coefficient (Wildman–Crippen LogP) is 1.78. The molecule has 0 fully saturated rings. The van der Waals surface area contributed by atoms with Crippen molar-refractivity contribution in [3.05, 3.63) is 35.9 Å². The second-order valence-electron chi connectivity index (χ2n) is 3.20. The molecule has 0 aliphatic carbocycles. The standard InChI is InChI=1S/C10H16N2/c1-3-10(2,12-11)9-7-5-4-6-8-9/h4-8,12H,3,11H2,1-2H3/t10-/m0/s1. The smallest absolute Gasteiger partial charge is 0.0538 e. The lowest BCUT2D eigenvalue weighted by Gasteiger charge is -2.27. The second kappa shape index (κ2) is 3.70. The molecule has 0 spiro atoms. The van der Waals surface area contributed by atoms with Crippen molar-refractivity contribution in [1.29, 1.82) is 0 Å². The average Bonchev–Trinajstić information content (AvgIpc) is 2.18. The first-order valence-electron chi connectivity index (χ1n) is 4.26. The van der Waals surface area contributed by atoms with E-state index >= 15 is 0 Å². The van der Waals surface area contributed by atoms with E-state index in [4.69, 9.17) is 5.84 Å². The molecule has 0 aliphatic rings. The molecule has 12 heavy (non-hydrogen) atoms. The van der Waals surface area contributed by atoms with Crippen LogP contribution in [-0.2, 0) is 5.54 Å². The van der Waals surface area contributed by atoms with Gasteiger partial charge in [0.15, 0.2) is 0 Å². The molecule has 0 aromatic heterocycles. The molecule has 66 valence electrons. The average molecular weight is 164 g/mol. The Kier molecular flexibility index (Phi) is 2.84. The Morgan fingerprint density at radius 3 is 2.33 bits per heavy atom. The first-order chi connectivity index (χ1) is 5.73. The van der Waals surface area contributed by atoms with Crippen LogP contribution in [0.1, 0.15) is 25.8 Å². The second-order valence-corrected chi connectivity index (χ2v) is 3.20. The molecule has 0 saturated heterocycles. The van der Waals surface area contributed by atoms with Gasteiger partial charge >= 0.3 is 0 Å². The maximum atomic E-state index is 5.50. The summed E-state index contributed by atoms with van der Waals surface area (Å²) in [6.45, 7) is 4.22. The summed E-state index contributed by atoms with van der Waals surface area (Å²) in [5.74, 6) is 5.50. The van der Waals surface area contributed by atoms with Crippen molar-refractivity contribution in [2.45, 2.75) is 25.8 Å². The number of hydrogen-bond acceptors (Lipinski definition) is 2. The lowest BCUT2D eigenvalue weighted by atomic mass is 9.90. The van der Waals surface area contributed by atoms with Gasteiger partial charge < -0.3 is 0 Å². The number of hydrazine groups is 1. The zero-order valence-corrected chi connectivity index (χ0v) is 7.67. The van der Waals surface area contributed by atoms with Crippen LogP contribution in [0.3, 0.4) is 0 Å². The summed E-state index contributed by atoms with van der Waals surface area (Å²) in [4.78, 5) is 0. The van der Waals surface area contributed by atoms with Gasteiger partial charge in [-0.3, -0.25) is 11.3 Å². The van der Waals surface area contributed by atoms with Crippen molar-refractivity contribution in [1.82, 2.24) is 5.43 Å². The monoisotopic (exact) mass is 164 g/mol. The molecule has 2 heteroatoms. The van der Waals surface area contributed by atoms with Crippen LogP contribution in [0.25, 0.3) is 0 Å². The van der Waals surface area contributed by atoms with Gasteiger partial charge in [0.1, 0.15) is 0 Å². The van der Waals surface area contributed by atoms with E-state index in [-0.39, 0.29) is 5.54 Å². The van der Waals surface area contributed by atoms with Crippen LogP contribution in [0.2, 0.25) is 0 Å². The lowest BCUT2D eigenvalue weighted by Crippen LogP contribution is -2.43. The number of hydrogen-bond donors (Lipinski definition) is 2. The molecule has 0 bridgehead atoms. The van der Waals surface area contributed by atoms with E-state index in [0.717, 1.165) is 6.42 Å². The minimum Gasteiger partial charge on any atom is -0.271 e. The van der Waals surface area contributed by atoms with Gasteiger partial charge in [-0.15, -0.1) is 0 Å². The van der Waals surface area contributed by atoms with Gasteiger partial charge in [0.2, 0.25) is 0 Å². The summed E-state index contributed by atoms with van der Waals surface area (Å²) < 4.78 is 0. The van der Waals surface area contributed by atoms with Crippen molar-refractivity contribution >= 4 is 0 Å². The molecule has 0 saturated carbocycles. The summed E-state index contributed by atoms with van der Waals surface area (Å²) in [5.41, 5.74) is 3.98. The summed E-state index contributed by atoms with van der Waals surface area (Å²) >= 11 is 0. The summed E-state index contributed by atoms with van der Waals surface area (Å²) in [7, 11) is 0. The third-order valence-corrected chi connectivity index (χ3v) is 2.44. The summed E-state index contributed by atoms with van der Waals surface area (Å²) in [6, 6.07) is 10.2. The normalized spacial score (nSPS) is 15.6. The third kappa shape index (κ3) is 1.65. The van der Waals surface area contributed by atoms with Crippen LogP contribution in [-0.4, -0.2) is 0 Å². The van der Waals surface area contributed by atoms with Gasteiger partial charge in [-0.2, -0.15) is 0 Å². The van der Waals surface area contributed by atoms with Gasteiger partial charge in [-0.05, 0) is 18.9 Å². The molecule has 3 N–H and O–H groups in total. The highest BCUT2D eigenvalue weighted by atomic mass is 15.3. The molecule has 0 radical (unpaired) electrons. The first-order valence-corrected chi connectivity index (χ1v) is 4.26. The van der Waals surface area contributed by atoms with Crippen molar-refractivity contribution in [2.24, 2.45) is 5.84 Å². The van der Waals surface area contributed by atoms with E-state index in [0.29, 0.717) is 0 Å². The first kappa shape index (κ1) is 9.23. The number of rotatable bonds is 3. The van der Waals surface area contributed by atoms with Gasteiger partial charge in [0.25, 0.3) is 0 Å². The van der Waals surface area contributed by atoms with Crippen LogP contribution in [0, 0.1) is 0 Å². The Morgan fingerprint density at radius 1 is 1.33 bits per heavy atom. The van der Waals surface area contributed by atoms with E-state index in [1.165, 1.54) is 5.56 Å². The van der Waals surface area contributed by atoms with Crippen LogP contribution in [0.4, 0.5) is 0 Å². The lowest BCUT2D eigenvalue weighted by molar-refractivity contribution is 0.361. The Hall–Kier alpha value is -0.860. The van der Waals surface area contributed by atoms with E-state index in [2.05, 4.69) is 31.4 Å². The predicted molar refractivity (Wildman–Crippen MR) is 51.4 cm³/mol. The molecule has 0 unspecified atom stereocenters. The maximum Gasteiger partial charge on any atom is 0.0538 e. The highest BCUT2D eigenvalue weighted by Crippen LogP contribution is 2.22. The summed E-state index contributed by atoms with van der Waals surface area (Å²) in [6.07, 6.45) is 0.980. The van der Waals surface area contributed by atoms with Crippen LogP contribution in [0.5, 0.6) is 0 Å². The number of nitrogens with one attached hydrogen (secondary N) is 1. The van der Waals surface area contributed by atoms with Gasteiger partial charge in [-0.1, -0.05) is 37.3 Å².